The van der Waals surface area contributed by atoms with Crippen LogP contribution in [0, 0.1) is 5.92 Å². The number of fused-ring (bicyclic) bond motifs is 1. The highest BCUT2D eigenvalue weighted by Gasteiger charge is 2.22. The summed E-state index contributed by atoms with van der Waals surface area (Å²) in [7, 11) is 0. The van der Waals surface area contributed by atoms with Crippen LogP contribution in [0.25, 0.3) is 0 Å². The van der Waals surface area contributed by atoms with Crippen molar-refractivity contribution in [2.75, 3.05) is 19.7 Å². The summed E-state index contributed by atoms with van der Waals surface area (Å²) in [5.41, 5.74) is 3.03. The zero-order chi connectivity index (χ0) is 13.9. The molecule has 0 fully saturated rings. The molecule has 2 rings (SSSR count). The topological polar surface area (TPSA) is 21.3 Å². The van der Waals surface area contributed by atoms with Gasteiger partial charge in [0.1, 0.15) is 5.75 Å². The van der Waals surface area contributed by atoms with E-state index in [1.165, 1.54) is 17.5 Å². The molecule has 1 aromatic carbocycles. The smallest absolute Gasteiger partial charge is 0.122 e. The number of benzene rings is 1. The maximum Gasteiger partial charge on any atom is 0.122 e. The van der Waals surface area contributed by atoms with Crippen molar-refractivity contribution in [3.8, 4) is 5.75 Å². The van der Waals surface area contributed by atoms with Gasteiger partial charge in [0.15, 0.2) is 0 Å². The van der Waals surface area contributed by atoms with Gasteiger partial charge in [-0.15, -0.1) is 0 Å². The maximum absolute atomic E-state index is 5.58. The van der Waals surface area contributed by atoms with Crippen molar-refractivity contribution in [2.45, 2.75) is 46.0 Å². The first-order chi connectivity index (χ1) is 8.99. The molecule has 0 unspecified atom stereocenters. The quantitative estimate of drug-likeness (QED) is 0.791. The first-order valence-corrected chi connectivity index (χ1v) is 7.46. The van der Waals surface area contributed by atoms with Crippen LogP contribution in [0.1, 0.15) is 45.2 Å². The molecule has 19 heavy (non-hydrogen) atoms. The number of rotatable bonds is 6. The van der Waals surface area contributed by atoms with Gasteiger partial charge in [-0.25, -0.2) is 0 Å². The molecule has 0 amide bonds. The molecule has 1 aliphatic heterocycles. The summed E-state index contributed by atoms with van der Waals surface area (Å²) in [6, 6.07) is 6.71. The Morgan fingerprint density at radius 2 is 2.11 bits per heavy atom. The fraction of sp³-hybridized carbons (Fsp3) is 0.647. The van der Waals surface area contributed by atoms with Crippen molar-refractivity contribution >= 4 is 0 Å². The highest BCUT2D eigenvalue weighted by molar-refractivity contribution is 5.42. The molecular weight excluding hydrogens is 234 g/mol. The maximum atomic E-state index is 5.58. The van der Waals surface area contributed by atoms with E-state index in [0.29, 0.717) is 0 Å². The van der Waals surface area contributed by atoms with E-state index in [2.05, 4.69) is 51.2 Å². The third-order valence-electron chi connectivity index (χ3n) is 3.95. The minimum absolute atomic E-state index is 0.224. The third-order valence-corrected chi connectivity index (χ3v) is 3.95. The fourth-order valence-corrected chi connectivity index (χ4v) is 2.54. The van der Waals surface area contributed by atoms with E-state index in [0.717, 1.165) is 37.8 Å². The molecule has 1 N–H and O–H groups in total. The zero-order valence-corrected chi connectivity index (χ0v) is 12.8. The molecule has 2 nitrogen and oxygen atoms in total. The molecule has 0 bridgehead atoms. The Morgan fingerprint density at radius 3 is 2.84 bits per heavy atom. The van der Waals surface area contributed by atoms with Crippen LogP contribution in [0.3, 0.4) is 0 Å². The minimum atomic E-state index is 0.224. The summed E-state index contributed by atoms with van der Waals surface area (Å²) in [6.07, 6.45) is 2.23. The SMILES string of the molecule is CC(C)CNCCC(C)(C)c1ccc2c(c1)CCO2. The summed E-state index contributed by atoms with van der Waals surface area (Å²) in [5, 5.41) is 3.54. The molecule has 1 aromatic rings. The van der Waals surface area contributed by atoms with Gasteiger partial charge in [0, 0.05) is 6.42 Å². The molecular formula is C17H27NO. The number of nitrogens with one attached hydrogen (secondary N) is 1. The lowest BCUT2D eigenvalue weighted by molar-refractivity contribution is 0.356. The van der Waals surface area contributed by atoms with Crippen molar-refractivity contribution in [1.29, 1.82) is 0 Å². The van der Waals surface area contributed by atoms with E-state index in [1.807, 2.05) is 0 Å². The number of hydrogen-bond donors (Lipinski definition) is 1. The summed E-state index contributed by atoms with van der Waals surface area (Å²) in [4.78, 5) is 0. The van der Waals surface area contributed by atoms with Gasteiger partial charge in [-0.2, -0.15) is 0 Å². The Bertz CT molecular complexity index is 423. The lowest BCUT2D eigenvalue weighted by atomic mass is 9.80. The van der Waals surface area contributed by atoms with Crippen molar-refractivity contribution in [3.05, 3.63) is 29.3 Å². The minimum Gasteiger partial charge on any atom is -0.493 e. The average molecular weight is 261 g/mol. The van der Waals surface area contributed by atoms with E-state index in [9.17, 15) is 0 Å². The Labute approximate surface area is 117 Å². The van der Waals surface area contributed by atoms with E-state index in [4.69, 9.17) is 4.74 Å². The van der Waals surface area contributed by atoms with E-state index < -0.39 is 0 Å². The van der Waals surface area contributed by atoms with Crippen molar-refractivity contribution in [1.82, 2.24) is 5.32 Å². The van der Waals surface area contributed by atoms with E-state index in [-0.39, 0.29) is 5.41 Å². The average Bonchev–Trinajstić information content (AvgIpc) is 2.81. The van der Waals surface area contributed by atoms with Crippen LogP contribution in [-0.4, -0.2) is 19.7 Å². The van der Waals surface area contributed by atoms with Gasteiger partial charge in [0.25, 0.3) is 0 Å². The standard InChI is InChI=1S/C17H27NO/c1-13(2)12-18-9-8-17(3,4)15-5-6-16-14(11-15)7-10-19-16/h5-6,11,13,18H,7-10,12H2,1-4H3. The monoisotopic (exact) mass is 261 g/mol. The van der Waals surface area contributed by atoms with Crippen LogP contribution in [0.15, 0.2) is 18.2 Å². The van der Waals surface area contributed by atoms with Crippen molar-refractivity contribution < 1.29 is 4.74 Å². The van der Waals surface area contributed by atoms with Crippen LogP contribution in [0.2, 0.25) is 0 Å². The van der Waals surface area contributed by atoms with Gasteiger partial charge in [0.2, 0.25) is 0 Å². The van der Waals surface area contributed by atoms with E-state index in [1.54, 1.807) is 0 Å². The van der Waals surface area contributed by atoms with Gasteiger partial charge >= 0.3 is 0 Å². The first kappa shape index (κ1) is 14.4. The normalized spacial score (nSPS) is 14.6. The van der Waals surface area contributed by atoms with Crippen LogP contribution in [0.5, 0.6) is 5.75 Å². The van der Waals surface area contributed by atoms with Crippen LogP contribution in [0.4, 0.5) is 0 Å². The molecule has 0 saturated carbocycles. The van der Waals surface area contributed by atoms with Gasteiger partial charge in [-0.05, 0) is 48.0 Å². The van der Waals surface area contributed by atoms with Gasteiger partial charge < -0.3 is 10.1 Å². The highest BCUT2D eigenvalue weighted by Crippen LogP contribution is 2.33. The fourth-order valence-electron chi connectivity index (χ4n) is 2.54. The Kier molecular flexibility index (Phi) is 4.51. The Morgan fingerprint density at radius 1 is 1.32 bits per heavy atom. The second kappa shape index (κ2) is 5.96. The largest absolute Gasteiger partial charge is 0.493 e. The molecule has 1 aliphatic rings. The Balaban J connectivity index is 1.95. The molecule has 106 valence electrons. The highest BCUT2D eigenvalue weighted by atomic mass is 16.5. The molecule has 0 saturated heterocycles. The third kappa shape index (κ3) is 3.73. The van der Waals surface area contributed by atoms with Crippen molar-refractivity contribution in [2.24, 2.45) is 5.92 Å². The molecule has 2 heteroatoms. The molecule has 0 atom stereocenters. The summed E-state index contributed by atoms with van der Waals surface area (Å²) in [5.74, 6) is 1.80. The van der Waals surface area contributed by atoms with Crippen LogP contribution in [-0.2, 0) is 11.8 Å². The lowest BCUT2D eigenvalue weighted by Gasteiger charge is -2.26. The second-order valence-corrected chi connectivity index (χ2v) is 6.65. The van der Waals surface area contributed by atoms with Gasteiger partial charge in [-0.3, -0.25) is 0 Å². The number of ether oxygens (including phenoxy) is 1. The Hall–Kier alpha value is -1.02. The van der Waals surface area contributed by atoms with Crippen molar-refractivity contribution in [3.63, 3.8) is 0 Å². The molecule has 0 radical (unpaired) electrons. The lowest BCUT2D eigenvalue weighted by Crippen LogP contribution is -2.27. The van der Waals surface area contributed by atoms with Crippen LogP contribution < -0.4 is 10.1 Å². The van der Waals surface area contributed by atoms with Crippen LogP contribution >= 0.6 is 0 Å². The molecule has 0 spiro atoms. The van der Waals surface area contributed by atoms with Gasteiger partial charge in [-0.1, -0.05) is 39.8 Å². The predicted octanol–water partition coefficient (Wildman–Crippen LogP) is 3.53. The van der Waals surface area contributed by atoms with E-state index >= 15 is 0 Å². The zero-order valence-electron chi connectivity index (χ0n) is 12.8. The molecule has 0 aromatic heterocycles. The molecule has 1 heterocycles. The number of hydrogen-bond acceptors (Lipinski definition) is 2. The predicted molar refractivity (Wildman–Crippen MR) is 81.0 cm³/mol. The molecule has 0 aliphatic carbocycles. The van der Waals surface area contributed by atoms with Gasteiger partial charge in [0.05, 0.1) is 6.61 Å². The summed E-state index contributed by atoms with van der Waals surface area (Å²) >= 11 is 0. The second-order valence-electron chi connectivity index (χ2n) is 6.65. The summed E-state index contributed by atoms with van der Waals surface area (Å²) in [6.45, 7) is 12.2. The first-order valence-electron chi connectivity index (χ1n) is 7.46. The summed E-state index contributed by atoms with van der Waals surface area (Å²) < 4.78 is 5.58.